The van der Waals surface area contributed by atoms with E-state index in [1.807, 2.05) is 24.5 Å². The number of hydrogen-bond acceptors (Lipinski definition) is 4. The lowest BCUT2D eigenvalue weighted by molar-refractivity contribution is 0.0990. The van der Waals surface area contributed by atoms with Gasteiger partial charge in [-0.25, -0.2) is 13.8 Å². The van der Waals surface area contributed by atoms with Crippen molar-refractivity contribution in [3.05, 3.63) is 82.1 Å². The Balaban J connectivity index is 1.62. The van der Waals surface area contributed by atoms with Crippen LogP contribution in [0.25, 0.3) is 27.0 Å². The lowest BCUT2D eigenvalue weighted by atomic mass is 10.1. The Morgan fingerprint density at radius 1 is 1.03 bits per heavy atom. The van der Waals surface area contributed by atoms with Gasteiger partial charge in [0.1, 0.15) is 16.6 Å². The second-order valence-corrected chi connectivity index (χ2v) is 8.41. The number of allylic oxidation sites excluding steroid dienone is 1. The van der Waals surface area contributed by atoms with E-state index in [1.165, 1.54) is 29.5 Å². The molecule has 2 aromatic carbocycles. The maximum atomic E-state index is 14.2. The van der Waals surface area contributed by atoms with Crippen LogP contribution in [-0.4, -0.2) is 21.1 Å². The highest BCUT2D eigenvalue weighted by Gasteiger charge is 2.33. The van der Waals surface area contributed by atoms with E-state index in [2.05, 4.69) is 4.98 Å². The van der Waals surface area contributed by atoms with Crippen molar-refractivity contribution in [2.24, 2.45) is 0 Å². The summed E-state index contributed by atoms with van der Waals surface area (Å²) < 4.78 is 30.9. The molecule has 1 aliphatic carbocycles. The average Bonchev–Trinajstić information content (AvgIpc) is 3.34. The average molecular weight is 434 g/mol. The van der Waals surface area contributed by atoms with Crippen LogP contribution in [0.1, 0.15) is 38.9 Å². The number of nitrogens with zero attached hydrogens (tertiary/aromatic N) is 2. The fraction of sp³-hybridized carbons (Fsp3) is 0.125. The number of carbonyl (C=O) groups excluding carboxylic acids is 2. The minimum absolute atomic E-state index is 0.112. The van der Waals surface area contributed by atoms with Gasteiger partial charge < -0.3 is 4.57 Å². The zero-order valence-corrected chi connectivity index (χ0v) is 17.5. The number of hydrogen-bond donors (Lipinski definition) is 0. The van der Waals surface area contributed by atoms with Crippen LogP contribution in [0, 0.1) is 18.6 Å². The molecule has 4 nitrogen and oxygen atoms in total. The Morgan fingerprint density at radius 2 is 1.74 bits per heavy atom. The second-order valence-electron chi connectivity index (χ2n) is 7.38. The van der Waals surface area contributed by atoms with Crippen molar-refractivity contribution in [2.75, 3.05) is 0 Å². The Kier molecular flexibility index (Phi) is 4.44. The Bertz CT molecular complexity index is 1430. The fourth-order valence-electron chi connectivity index (χ4n) is 3.92. The predicted molar refractivity (Wildman–Crippen MR) is 116 cm³/mol. The molecule has 0 fully saturated rings. The van der Waals surface area contributed by atoms with Crippen molar-refractivity contribution in [3.8, 4) is 10.6 Å². The third-order valence-electron chi connectivity index (χ3n) is 5.42. The molecule has 154 valence electrons. The quantitative estimate of drug-likeness (QED) is 0.301. The first-order valence-corrected chi connectivity index (χ1v) is 10.6. The first-order valence-electron chi connectivity index (χ1n) is 9.75. The van der Waals surface area contributed by atoms with Crippen molar-refractivity contribution in [3.63, 3.8) is 0 Å². The smallest absolute Gasteiger partial charge is 0.197 e. The van der Waals surface area contributed by atoms with Crippen LogP contribution in [0.15, 0.2) is 48.0 Å². The standard InChI is InChI=1S/C24H16F2N2O2S/c1-3-28-13(10-16-21(29)14-8-7-12(2)9-15(14)22(16)30)11-19-23(28)27-24(31-19)20-17(25)5-4-6-18(20)26/h4-11H,3H2,1-2H3/b16-10-. The van der Waals surface area contributed by atoms with Gasteiger partial charge in [0.05, 0.1) is 15.8 Å². The van der Waals surface area contributed by atoms with Gasteiger partial charge in [0.15, 0.2) is 17.2 Å². The number of Topliss-reactive ketones (excluding diaryl/α,β-unsaturated/α-hetero) is 2. The lowest BCUT2D eigenvalue weighted by Gasteiger charge is -2.04. The Hall–Kier alpha value is -3.45. The van der Waals surface area contributed by atoms with Crippen LogP contribution in [0.3, 0.4) is 0 Å². The van der Waals surface area contributed by atoms with E-state index in [0.29, 0.717) is 29.0 Å². The number of carbonyl (C=O) groups is 2. The van der Waals surface area contributed by atoms with Crippen LogP contribution in [0.2, 0.25) is 0 Å². The number of fused-ring (bicyclic) bond motifs is 2. The van der Waals surface area contributed by atoms with Crippen LogP contribution >= 0.6 is 11.3 Å². The molecule has 0 bridgehead atoms. The highest BCUT2D eigenvalue weighted by molar-refractivity contribution is 7.21. The first-order chi connectivity index (χ1) is 14.9. The molecular formula is C24H16F2N2O2S. The third kappa shape index (κ3) is 2.96. The second kappa shape index (κ2) is 7.06. The molecule has 0 radical (unpaired) electrons. The number of thiazole rings is 1. The van der Waals surface area contributed by atoms with E-state index >= 15 is 0 Å². The summed E-state index contributed by atoms with van der Waals surface area (Å²) in [6, 6.07) is 10.7. The van der Waals surface area contributed by atoms with Gasteiger partial charge >= 0.3 is 0 Å². The van der Waals surface area contributed by atoms with Crippen molar-refractivity contribution in [1.29, 1.82) is 0 Å². The molecule has 0 saturated carbocycles. The molecule has 0 amide bonds. The van der Waals surface area contributed by atoms with Crippen LogP contribution in [0.5, 0.6) is 0 Å². The van der Waals surface area contributed by atoms with Gasteiger partial charge in [-0.15, -0.1) is 11.3 Å². The lowest BCUT2D eigenvalue weighted by Crippen LogP contribution is -2.03. The van der Waals surface area contributed by atoms with Crippen molar-refractivity contribution in [2.45, 2.75) is 20.4 Å². The number of rotatable bonds is 3. The van der Waals surface area contributed by atoms with Gasteiger partial charge in [-0.05, 0) is 44.2 Å². The fourth-order valence-corrected chi connectivity index (χ4v) is 4.99. The van der Waals surface area contributed by atoms with E-state index < -0.39 is 11.6 Å². The summed E-state index contributed by atoms with van der Waals surface area (Å²) in [6.07, 6.45) is 1.58. The topological polar surface area (TPSA) is 52.0 Å². The van der Waals surface area contributed by atoms with Gasteiger partial charge in [-0.3, -0.25) is 9.59 Å². The molecule has 0 unspecified atom stereocenters. The molecule has 4 aromatic rings. The highest BCUT2D eigenvalue weighted by Crippen LogP contribution is 2.36. The molecule has 0 N–H and O–H groups in total. The molecule has 0 saturated heterocycles. The molecule has 0 aliphatic heterocycles. The van der Waals surface area contributed by atoms with Crippen LogP contribution < -0.4 is 0 Å². The molecule has 2 heterocycles. The maximum absolute atomic E-state index is 14.2. The normalized spacial score (nSPS) is 14.8. The monoisotopic (exact) mass is 434 g/mol. The number of aryl methyl sites for hydroxylation is 2. The maximum Gasteiger partial charge on any atom is 0.197 e. The van der Waals surface area contributed by atoms with Crippen molar-refractivity contribution >= 4 is 39.3 Å². The van der Waals surface area contributed by atoms with E-state index in [1.54, 1.807) is 24.3 Å². The van der Waals surface area contributed by atoms with Gasteiger partial charge in [0.2, 0.25) is 0 Å². The van der Waals surface area contributed by atoms with E-state index in [0.717, 1.165) is 10.3 Å². The summed E-state index contributed by atoms with van der Waals surface area (Å²) in [7, 11) is 0. The summed E-state index contributed by atoms with van der Waals surface area (Å²) in [5.41, 5.74) is 2.91. The van der Waals surface area contributed by atoms with Gasteiger partial charge in [0, 0.05) is 23.4 Å². The molecule has 2 aromatic heterocycles. The largest absolute Gasteiger partial charge is 0.325 e. The molecule has 1 aliphatic rings. The minimum Gasteiger partial charge on any atom is -0.325 e. The van der Waals surface area contributed by atoms with E-state index in [9.17, 15) is 18.4 Å². The van der Waals surface area contributed by atoms with Crippen LogP contribution in [-0.2, 0) is 6.54 Å². The SMILES string of the molecule is CCn1c(/C=C2/C(=O)c3ccc(C)cc3C2=O)cc2sc(-c3c(F)cccc3F)nc21. The highest BCUT2D eigenvalue weighted by atomic mass is 32.1. The van der Waals surface area contributed by atoms with Crippen LogP contribution in [0.4, 0.5) is 8.78 Å². The summed E-state index contributed by atoms with van der Waals surface area (Å²) in [5.74, 6) is -1.93. The van der Waals surface area contributed by atoms with Gasteiger partial charge in [0.25, 0.3) is 0 Å². The number of halogens is 2. The number of aromatic nitrogens is 2. The molecule has 0 atom stereocenters. The molecule has 31 heavy (non-hydrogen) atoms. The molecule has 7 heteroatoms. The third-order valence-corrected chi connectivity index (χ3v) is 6.43. The van der Waals surface area contributed by atoms with E-state index in [-0.39, 0.29) is 27.7 Å². The summed E-state index contributed by atoms with van der Waals surface area (Å²) in [6.45, 7) is 4.29. The Labute approximate surface area is 180 Å². The number of ketones is 2. The minimum atomic E-state index is -0.669. The van der Waals surface area contributed by atoms with Crippen molar-refractivity contribution < 1.29 is 18.4 Å². The predicted octanol–water partition coefficient (Wildman–Crippen LogP) is 5.83. The summed E-state index contributed by atoms with van der Waals surface area (Å²) >= 11 is 1.17. The molecule has 5 rings (SSSR count). The summed E-state index contributed by atoms with van der Waals surface area (Å²) in [5, 5.41) is 0.248. The first kappa shape index (κ1) is 19.5. The number of benzene rings is 2. The zero-order valence-electron chi connectivity index (χ0n) is 16.7. The Morgan fingerprint density at radius 3 is 2.45 bits per heavy atom. The zero-order chi connectivity index (χ0) is 21.9. The molecular weight excluding hydrogens is 418 g/mol. The van der Waals surface area contributed by atoms with E-state index in [4.69, 9.17) is 0 Å². The summed E-state index contributed by atoms with van der Waals surface area (Å²) in [4.78, 5) is 30.1. The van der Waals surface area contributed by atoms with Gasteiger partial charge in [-0.1, -0.05) is 23.8 Å². The molecule has 0 spiro atoms. The van der Waals surface area contributed by atoms with Crippen molar-refractivity contribution in [1.82, 2.24) is 9.55 Å². The van der Waals surface area contributed by atoms with Gasteiger partial charge in [-0.2, -0.15) is 0 Å².